The molecule has 0 radical (unpaired) electrons. The fourth-order valence-electron chi connectivity index (χ4n) is 2.16. The van der Waals surface area contributed by atoms with Gasteiger partial charge in [-0.1, -0.05) is 0 Å². The first-order valence-corrected chi connectivity index (χ1v) is 6.08. The van der Waals surface area contributed by atoms with Crippen molar-refractivity contribution in [3.05, 3.63) is 29.3 Å². The number of benzene rings is 1. The molecule has 1 heterocycles. The molecule has 1 atom stereocenters. The predicted molar refractivity (Wildman–Crippen MR) is 65.6 cm³/mol. The van der Waals surface area contributed by atoms with Gasteiger partial charge in [0.15, 0.2) is 11.6 Å². The highest BCUT2D eigenvalue weighted by atomic mass is 19.2. The number of ether oxygens (including phenoxy) is 1. The van der Waals surface area contributed by atoms with E-state index in [-0.39, 0.29) is 11.8 Å². The van der Waals surface area contributed by atoms with Crippen LogP contribution in [0.1, 0.15) is 23.7 Å². The Bertz CT molecular complexity index is 493. The monoisotopic (exact) mass is 271 g/mol. The van der Waals surface area contributed by atoms with E-state index in [1.54, 1.807) is 4.90 Å². The molecule has 6 heteroatoms. The quantitative estimate of drug-likeness (QED) is 0.896. The second-order valence-corrected chi connectivity index (χ2v) is 4.55. The molecule has 4 nitrogen and oxygen atoms in total. The number of anilines is 1. The molecule has 1 fully saturated rings. The van der Waals surface area contributed by atoms with Crippen LogP contribution in [0, 0.1) is 11.6 Å². The third-order valence-corrected chi connectivity index (χ3v) is 3.09. The van der Waals surface area contributed by atoms with Crippen molar-refractivity contribution >= 4 is 11.7 Å². The number of carboxylic acid groups (broad SMARTS) is 1. The normalized spacial score (nSPS) is 20.2. The average molecular weight is 271 g/mol. The molecule has 0 bridgehead atoms. The molecular formula is C13H15F2NO3. The maximum Gasteiger partial charge on any atom is 0.338 e. The Hall–Kier alpha value is -1.69. The summed E-state index contributed by atoms with van der Waals surface area (Å²) in [5, 5.41) is 8.74. The summed E-state index contributed by atoms with van der Waals surface area (Å²) in [6.45, 7) is 3.43. The van der Waals surface area contributed by atoms with Crippen LogP contribution >= 0.6 is 0 Å². The highest BCUT2D eigenvalue weighted by Gasteiger charge is 2.23. The second kappa shape index (κ2) is 5.52. The number of carboxylic acids is 1. The van der Waals surface area contributed by atoms with Gasteiger partial charge in [0, 0.05) is 19.7 Å². The molecule has 1 unspecified atom stereocenters. The third kappa shape index (κ3) is 2.84. The maximum absolute atomic E-state index is 13.9. The van der Waals surface area contributed by atoms with E-state index in [0.29, 0.717) is 26.1 Å². The molecule has 1 saturated heterocycles. The number of halogens is 2. The van der Waals surface area contributed by atoms with Crippen LogP contribution in [-0.4, -0.2) is 36.9 Å². The molecule has 2 rings (SSSR count). The topological polar surface area (TPSA) is 49.8 Å². The third-order valence-electron chi connectivity index (χ3n) is 3.09. The standard InChI is InChI=1S/C13H15F2NO3/c1-8-7-16(5-2-6-19-8)10-4-3-9(13(17)18)11(14)12(10)15/h3-4,8H,2,5-7H2,1H3,(H,17,18). The molecule has 104 valence electrons. The number of carbonyl (C=O) groups is 1. The highest BCUT2D eigenvalue weighted by Crippen LogP contribution is 2.25. The Morgan fingerprint density at radius 2 is 2.16 bits per heavy atom. The zero-order valence-electron chi connectivity index (χ0n) is 10.5. The molecule has 1 aliphatic rings. The first kappa shape index (κ1) is 13.7. The zero-order chi connectivity index (χ0) is 14.0. The minimum absolute atomic E-state index is 0.0795. The molecule has 1 aromatic rings. The summed E-state index contributed by atoms with van der Waals surface area (Å²) < 4.78 is 33.0. The number of rotatable bonds is 2. The number of aromatic carboxylic acids is 1. The van der Waals surface area contributed by atoms with Crippen molar-refractivity contribution in [1.82, 2.24) is 0 Å². The van der Waals surface area contributed by atoms with Crippen LogP contribution in [0.15, 0.2) is 12.1 Å². The number of hydrogen-bond donors (Lipinski definition) is 1. The summed E-state index contributed by atoms with van der Waals surface area (Å²) >= 11 is 0. The van der Waals surface area contributed by atoms with Crippen molar-refractivity contribution in [2.45, 2.75) is 19.4 Å². The molecule has 0 amide bonds. The van der Waals surface area contributed by atoms with Gasteiger partial charge in [0.05, 0.1) is 17.4 Å². The van der Waals surface area contributed by atoms with Gasteiger partial charge in [-0.3, -0.25) is 0 Å². The lowest BCUT2D eigenvalue weighted by atomic mass is 10.1. The zero-order valence-corrected chi connectivity index (χ0v) is 10.5. The van der Waals surface area contributed by atoms with Crippen LogP contribution in [0.5, 0.6) is 0 Å². The number of hydrogen-bond acceptors (Lipinski definition) is 3. The van der Waals surface area contributed by atoms with Gasteiger partial charge < -0.3 is 14.7 Å². The molecular weight excluding hydrogens is 256 g/mol. The van der Waals surface area contributed by atoms with E-state index in [9.17, 15) is 13.6 Å². The molecule has 0 aromatic heterocycles. The lowest BCUT2D eigenvalue weighted by Crippen LogP contribution is -2.31. The Balaban J connectivity index is 2.34. The molecule has 1 aliphatic heterocycles. The number of nitrogens with zero attached hydrogens (tertiary/aromatic N) is 1. The van der Waals surface area contributed by atoms with Gasteiger partial charge in [-0.05, 0) is 25.5 Å². The van der Waals surface area contributed by atoms with Crippen molar-refractivity contribution in [1.29, 1.82) is 0 Å². The van der Waals surface area contributed by atoms with Crippen LogP contribution in [0.25, 0.3) is 0 Å². The molecule has 0 aliphatic carbocycles. The maximum atomic E-state index is 13.9. The van der Waals surface area contributed by atoms with Crippen LogP contribution in [0.4, 0.5) is 14.5 Å². The van der Waals surface area contributed by atoms with Crippen LogP contribution in [0.2, 0.25) is 0 Å². The molecule has 1 N–H and O–H groups in total. The van der Waals surface area contributed by atoms with E-state index in [1.165, 1.54) is 6.07 Å². The molecule has 1 aromatic carbocycles. The average Bonchev–Trinajstić information content (AvgIpc) is 2.56. The Morgan fingerprint density at radius 1 is 1.42 bits per heavy atom. The van der Waals surface area contributed by atoms with E-state index in [0.717, 1.165) is 6.07 Å². The molecule has 0 spiro atoms. The first-order chi connectivity index (χ1) is 9.00. The minimum atomic E-state index is -1.48. The van der Waals surface area contributed by atoms with Crippen molar-refractivity contribution in [3.8, 4) is 0 Å². The first-order valence-electron chi connectivity index (χ1n) is 6.08. The van der Waals surface area contributed by atoms with Crippen LogP contribution in [-0.2, 0) is 4.74 Å². The van der Waals surface area contributed by atoms with Crippen LogP contribution in [0.3, 0.4) is 0 Å². The summed E-state index contributed by atoms with van der Waals surface area (Å²) in [5.74, 6) is -3.91. The Kier molecular flexibility index (Phi) is 3.99. The predicted octanol–water partition coefficient (Wildman–Crippen LogP) is 2.28. The van der Waals surface area contributed by atoms with Gasteiger partial charge in [0.1, 0.15) is 0 Å². The molecule has 0 saturated carbocycles. The smallest absolute Gasteiger partial charge is 0.338 e. The lowest BCUT2D eigenvalue weighted by Gasteiger charge is -2.25. The van der Waals surface area contributed by atoms with Gasteiger partial charge in [-0.15, -0.1) is 0 Å². The largest absolute Gasteiger partial charge is 0.478 e. The van der Waals surface area contributed by atoms with Crippen molar-refractivity contribution in [2.24, 2.45) is 0 Å². The summed E-state index contributed by atoms with van der Waals surface area (Å²) in [7, 11) is 0. The van der Waals surface area contributed by atoms with Gasteiger partial charge in [0.25, 0.3) is 0 Å². The van der Waals surface area contributed by atoms with E-state index >= 15 is 0 Å². The van der Waals surface area contributed by atoms with Crippen molar-refractivity contribution in [3.63, 3.8) is 0 Å². The van der Waals surface area contributed by atoms with Gasteiger partial charge in [-0.2, -0.15) is 0 Å². The van der Waals surface area contributed by atoms with E-state index in [4.69, 9.17) is 9.84 Å². The van der Waals surface area contributed by atoms with E-state index < -0.39 is 23.2 Å². The minimum Gasteiger partial charge on any atom is -0.478 e. The highest BCUT2D eigenvalue weighted by molar-refractivity contribution is 5.88. The fraction of sp³-hybridized carbons (Fsp3) is 0.462. The summed E-state index contributed by atoms with van der Waals surface area (Å²) in [4.78, 5) is 12.4. The van der Waals surface area contributed by atoms with Gasteiger partial charge in [-0.25, -0.2) is 13.6 Å². The summed E-state index contributed by atoms with van der Waals surface area (Å²) in [5.41, 5.74) is -0.569. The SMILES string of the molecule is CC1CN(c2ccc(C(=O)O)c(F)c2F)CCCO1. The second-order valence-electron chi connectivity index (χ2n) is 4.55. The van der Waals surface area contributed by atoms with Gasteiger partial charge >= 0.3 is 5.97 Å². The van der Waals surface area contributed by atoms with E-state index in [2.05, 4.69) is 0 Å². The van der Waals surface area contributed by atoms with Crippen molar-refractivity contribution < 1.29 is 23.4 Å². The Labute approximate surface area is 109 Å². The lowest BCUT2D eigenvalue weighted by molar-refractivity contribution is 0.0690. The Morgan fingerprint density at radius 3 is 2.84 bits per heavy atom. The van der Waals surface area contributed by atoms with E-state index in [1.807, 2.05) is 6.92 Å². The van der Waals surface area contributed by atoms with Crippen LogP contribution < -0.4 is 4.90 Å². The van der Waals surface area contributed by atoms with Crippen molar-refractivity contribution in [2.75, 3.05) is 24.6 Å². The summed E-state index contributed by atoms with van der Waals surface area (Å²) in [6.07, 6.45) is 0.635. The fourth-order valence-corrected chi connectivity index (χ4v) is 2.16. The molecule has 19 heavy (non-hydrogen) atoms. The van der Waals surface area contributed by atoms with Gasteiger partial charge in [0.2, 0.25) is 0 Å². The summed E-state index contributed by atoms with van der Waals surface area (Å²) in [6, 6.07) is 2.40.